The van der Waals surface area contributed by atoms with E-state index < -0.39 is 0 Å². The Morgan fingerprint density at radius 2 is 2.00 bits per heavy atom. The van der Waals surface area contributed by atoms with Crippen LogP contribution >= 0.6 is 30.1 Å². The van der Waals surface area contributed by atoms with E-state index in [0.29, 0.717) is 0 Å². The average molecular weight is 327 g/mol. The zero-order valence-electron chi connectivity index (χ0n) is 9.34. The summed E-state index contributed by atoms with van der Waals surface area (Å²) in [7, 11) is 1.98. The van der Waals surface area contributed by atoms with Gasteiger partial charge in [0.1, 0.15) is 0 Å². The zero-order valence-corrected chi connectivity index (χ0v) is 12.3. The van der Waals surface area contributed by atoms with Gasteiger partial charge in [-0.15, -0.1) is 0 Å². The minimum Gasteiger partial charge on any atom is -0.303 e. The number of likely N-dealkylation sites (tertiary alicyclic amines) is 1. The minimum absolute atomic E-state index is 0.859. The van der Waals surface area contributed by atoms with Gasteiger partial charge in [-0.2, -0.15) is 0 Å². The van der Waals surface area contributed by atoms with Gasteiger partial charge in [0.25, 0.3) is 0 Å². The second-order valence-corrected chi connectivity index (χ2v) is 7.16. The fourth-order valence-corrected chi connectivity index (χ4v) is 3.94. The second-order valence-electron chi connectivity index (χ2n) is 4.74. The maximum Gasteiger partial charge on any atom is 0.00628 e. The molecule has 0 unspecified atom stereocenters. The molecule has 1 rings (SSSR count). The fourth-order valence-electron chi connectivity index (χ4n) is 1.91. The number of nitrogens with zero attached hydrogens (tertiary/aromatic N) is 1. The van der Waals surface area contributed by atoms with Gasteiger partial charge in [-0.3, -0.25) is 0 Å². The van der Waals surface area contributed by atoms with E-state index in [9.17, 15) is 0 Å². The summed E-state index contributed by atoms with van der Waals surface area (Å²) in [5.74, 6) is 3.21. The number of rotatable bonds is 5. The summed E-state index contributed by atoms with van der Waals surface area (Å²) in [5, 5.41) is 0. The molecular formula is C11H22INS. The second kappa shape index (κ2) is 7.34. The predicted molar refractivity (Wildman–Crippen MR) is 75.1 cm³/mol. The molecule has 1 aliphatic rings. The molecule has 0 atom stereocenters. The molecule has 0 radical (unpaired) electrons. The topological polar surface area (TPSA) is 3.24 Å². The van der Waals surface area contributed by atoms with Crippen LogP contribution in [0, 0.1) is 11.8 Å². The van der Waals surface area contributed by atoms with Crippen LogP contribution in [-0.2, 0) is 0 Å². The summed E-state index contributed by atoms with van der Waals surface area (Å²) >= 11 is 2.42. The number of piperidine rings is 1. The maximum absolute atomic E-state index is 2.65. The highest BCUT2D eigenvalue weighted by atomic mass is 127. The van der Waals surface area contributed by atoms with Gasteiger partial charge in [0, 0.05) is 5.75 Å². The van der Waals surface area contributed by atoms with E-state index >= 15 is 0 Å². The lowest BCUT2D eigenvalue weighted by Crippen LogP contribution is -2.35. The van der Waals surface area contributed by atoms with Crippen molar-refractivity contribution in [1.82, 2.24) is 4.90 Å². The quantitative estimate of drug-likeness (QED) is 0.706. The van der Waals surface area contributed by atoms with Crippen LogP contribution in [-0.4, -0.2) is 30.3 Å². The van der Waals surface area contributed by atoms with Gasteiger partial charge in [0.05, 0.1) is 0 Å². The van der Waals surface area contributed by atoms with Crippen molar-refractivity contribution in [3.8, 4) is 0 Å². The third-order valence-electron chi connectivity index (χ3n) is 3.03. The molecule has 0 aromatic carbocycles. The fraction of sp³-hybridized carbons (Fsp3) is 1.00. The normalized spacial score (nSPS) is 20.6. The van der Waals surface area contributed by atoms with E-state index in [0.717, 1.165) is 11.8 Å². The molecule has 1 saturated heterocycles. The third-order valence-corrected chi connectivity index (χ3v) is 4.70. The lowest BCUT2D eigenvalue weighted by molar-refractivity contribution is 0.186. The summed E-state index contributed by atoms with van der Waals surface area (Å²) in [6.45, 7) is 8.64. The summed E-state index contributed by atoms with van der Waals surface area (Å²) in [5.41, 5.74) is 0. The lowest BCUT2D eigenvalue weighted by atomic mass is 9.98. The summed E-state index contributed by atoms with van der Waals surface area (Å²) in [6, 6.07) is 0. The predicted octanol–water partition coefficient (Wildman–Crippen LogP) is 3.83. The Labute approximate surface area is 105 Å². The molecule has 0 aliphatic carbocycles. The molecule has 84 valence electrons. The molecule has 3 heteroatoms. The Bertz CT molecular complexity index is 144. The molecule has 0 bridgehead atoms. The number of hydrogen-bond acceptors (Lipinski definition) is 2. The highest BCUT2D eigenvalue weighted by Crippen LogP contribution is 2.24. The Kier molecular flexibility index (Phi) is 6.87. The third kappa shape index (κ3) is 5.21. The van der Waals surface area contributed by atoms with Crippen LogP contribution in [0.3, 0.4) is 0 Å². The molecular weight excluding hydrogens is 305 g/mol. The standard InChI is InChI=1S/C11H22INS/c1-10(2)3-6-13-7-4-11(5-8-13)9-14-12/h10-11H,3-9H2,1-2H3. The van der Waals surface area contributed by atoms with Gasteiger partial charge in [0.2, 0.25) is 0 Å². The van der Waals surface area contributed by atoms with Gasteiger partial charge in [-0.25, -0.2) is 0 Å². The van der Waals surface area contributed by atoms with Crippen LogP contribution in [0.2, 0.25) is 0 Å². The van der Waals surface area contributed by atoms with Crippen molar-refractivity contribution >= 4 is 30.1 Å². The molecule has 0 spiro atoms. The monoisotopic (exact) mass is 327 g/mol. The smallest absolute Gasteiger partial charge is 0.00628 e. The van der Waals surface area contributed by atoms with Crippen molar-refractivity contribution in [2.75, 3.05) is 25.4 Å². The van der Waals surface area contributed by atoms with Crippen molar-refractivity contribution in [1.29, 1.82) is 0 Å². The SMILES string of the molecule is CC(C)CCN1CCC(CSI)CC1. The Balaban J connectivity index is 2.09. The van der Waals surface area contributed by atoms with E-state index in [4.69, 9.17) is 0 Å². The molecule has 0 aromatic heterocycles. The van der Waals surface area contributed by atoms with E-state index in [2.05, 4.69) is 40.0 Å². The molecule has 0 N–H and O–H groups in total. The van der Waals surface area contributed by atoms with Crippen LogP contribution in [0.1, 0.15) is 33.1 Å². The average Bonchev–Trinajstić information content (AvgIpc) is 2.17. The van der Waals surface area contributed by atoms with E-state index in [1.165, 1.54) is 44.6 Å². The molecule has 14 heavy (non-hydrogen) atoms. The summed E-state index contributed by atoms with van der Waals surface area (Å²) in [6.07, 6.45) is 4.22. The lowest BCUT2D eigenvalue weighted by Gasteiger charge is -2.31. The molecule has 0 amide bonds. The highest BCUT2D eigenvalue weighted by Gasteiger charge is 2.18. The first-order chi connectivity index (χ1) is 6.72. The first kappa shape index (κ1) is 13.1. The molecule has 1 aliphatic heterocycles. The summed E-state index contributed by atoms with van der Waals surface area (Å²) in [4.78, 5) is 2.65. The van der Waals surface area contributed by atoms with Gasteiger partial charge in [-0.1, -0.05) is 22.8 Å². The van der Waals surface area contributed by atoms with Crippen molar-refractivity contribution in [3.63, 3.8) is 0 Å². The zero-order chi connectivity index (χ0) is 10.4. The Hall–Kier alpha value is 1.04. The van der Waals surface area contributed by atoms with Gasteiger partial charge < -0.3 is 4.90 Å². The molecule has 1 nitrogen and oxygen atoms in total. The molecule has 0 aromatic rings. The Morgan fingerprint density at radius 3 is 2.50 bits per heavy atom. The van der Waals surface area contributed by atoms with Crippen molar-refractivity contribution in [2.24, 2.45) is 11.8 Å². The van der Waals surface area contributed by atoms with Crippen LogP contribution < -0.4 is 0 Å². The van der Waals surface area contributed by atoms with Gasteiger partial charge in [-0.05, 0) is 71.9 Å². The van der Waals surface area contributed by atoms with Crippen LogP contribution in [0.25, 0.3) is 0 Å². The number of hydrogen-bond donors (Lipinski definition) is 0. The largest absolute Gasteiger partial charge is 0.303 e. The molecule has 1 heterocycles. The molecule has 0 saturated carbocycles. The van der Waals surface area contributed by atoms with Crippen LogP contribution in [0.4, 0.5) is 0 Å². The Morgan fingerprint density at radius 1 is 1.36 bits per heavy atom. The van der Waals surface area contributed by atoms with Gasteiger partial charge >= 0.3 is 0 Å². The van der Waals surface area contributed by atoms with Crippen LogP contribution in [0.15, 0.2) is 0 Å². The first-order valence-electron chi connectivity index (χ1n) is 5.68. The van der Waals surface area contributed by atoms with E-state index in [1.54, 1.807) is 0 Å². The van der Waals surface area contributed by atoms with E-state index in [-0.39, 0.29) is 0 Å². The first-order valence-corrected chi connectivity index (χ1v) is 9.21. The van der Waals surface area contributed by atoms with Crippen LogP contribution in [0.5, 0.6) is 0 Å². The van der Waals surface area contributed by atoms with Crippen molar-refractivity contribution < 1.29 is 0 Å². The van der Waals surface area contributed by atoms with Crippen molar-refractivity contribution in [2.45, 2.75) is 33.1 Å². The van der Waals surface area contributed by atoms with Gasteiger partial charge in [0.15, 0.2) is 0 Å². The highest BCUT2D eigenvalue weighted by molar-refractivity contribution is 14.2. The van der Waals surface area contributed by atoms with Crippen molar-refractivity contribution in [3.05, 3.63) is 0 Å². The minimum atomic E-state index is 0.859. The molecule has 1 fully saturated rings. The number of halogens is 1. The maximum atomic E-state index is 2.65. The van der Waals surface area contributed by atoms with E-state index in [1.807, 2.05) is 8.93 Å². The summed E-state index contributed by atoms with van der Waals surface area (Å²) < 4.78 is 0.